The number of H-pyrrole nitrogens is 1. The molecule has 0 saturated heterocycles. The molecule has 0 spiro atoms. The minimum atomic E-state index is 0.604. The van der Waals surface area contributed by atoms with Crippen molar-refractivity contribution in [1.82, 2.24) is 19.9 Å². The second-order valence-electron chi connectivity index (χ2n) is 7.60. The first-order valence-corrected chi connectivity index (χ1v) is 9.41. The molecule has 0 aromatic carbocycles. The van der Waals surface area contributed by atoms with Gasteiger partial charge < -0.3 is 4.98 Å². The predicted molar refractivity (Wildman–Crippen MR) is 95.9 cm³/mol. The number of aromatic amines is 1. The van der Waals surface area contributed by atoms with Gasteiger partial charge in [-0.3, -0.25) is 4.90 Å². The van der Waals surface area contributed by atoms with Crippen molar-refractivity contribution in [3.63, 3.8) is 0 Å². The van der Waals surface area contributed by atoms with Gasteiger partial charge in [0.1, 0.15) is 5.82 Å². The van der Waals surface area contributed by atoms with Gasteiger partial charge in [0.05, 0.1) is 0 Å². The second-order valence-corrected chi connectivity index (χ2v) is 7.60. The van der Waals surface area contributed by atoms with Crippen molar-refractivity contribution >= 4 is 0 Å². The fourth-order valence-corrected chi connectivity index (χ4v) is 4.27. The second kappa shape index (κ2) is 6.67. The van der Waals surface area contributed by atoms with Gasteiger partial charge in [-0.2, -0.15) is 0 Å². The standard InChI is InChI=1S/C20H28N4/c1-14-10-17(15(2)22-14)12-24-9-8-19-18(13-24)11-21-20(23-19)16-6-4-3-5-7-16/h10-11,16,22H,3-9,12-13H2,1-2H3. The van der Waals surface area contributed by atoms with E-state index in [0.29, 0.717) is 5.92 Å². The first kappa shape index (κ1) is 15.8. The third-order valence-corrected chi connectivity index (χ3v) is 5.65. The van der Waals surface area contributed by atoms with E-state index in [0.717, 1.165) is 31.9 Å². The van der Waals surface area contributed by atoms with Gasteiger partial charge in [0.15, 0.2) is 0 Å². The van der Waals surface area contributed by atoms with Crippen LogP contribution in [0.4, 0.5) is 0 Å². The van der Waals surface area contributed by atoms with Gasteiger partial charge in [0.2, 0.25) is 0 Å². The van der Waals surface area contributed by atoms with Crippen molar-refractivity contribution in [3.05, 3.63) is 46.3 Å². The highest BCUT2D eigenvalue weighted by molar-refractivity contribution is 5.26. The Balaban J connectivity index is 1.46. The number of fused-ring (bicyclic) bond motifs is 1. The summed E-state index contributed by atoms with van der Waals surface area (Å²) in [5.74, 6) is 1.71. The van der Waals surface area contributed by atoms with Crippen molar-refractivity contribution in [2.75, 3.05) is 6.54 Å². The molecule has 0 amide bonds. The van der Waals surface area contributed by atoms with Gasteiger partial charge >= 0.3 is 0 Å². The number of hydrogen-bond acceptors (Lipinski definition) is 3. The Labute approximate surface area is 144 Å². The minimum Gasteiger partial charge on any atom is -0.362 e. The Bertz CT molecular complexity index is 712. The quantitative estimate of drug-likeness (QED) is 0.927. The third-order valence-electron chi connectivity index (χ3n) is 5.65. The average molecular weight is 324 g/mol. The molecule has 4 nitrogen and oxygen atoms in total. The Morgan fingerprint density at radius 1 is 1.21 bits per heavy atom. The zero-order chi connectivity index (χ0) is 16.5. The third kappa shape index (κ3) is 3.25. The summed E-state index contributed by atoms with van der Waals surface area (Å²) in [5, 5.41) is 0. The maximum Gasteiger partial charge on any atom is 0.131 e. The van der Waals surface area contributed by atoms with Gasteiger partial charge in [0, 0.05) is 60.8 Å². The molecule has 2 aromatic heterocycles. The highest BCUT2D eigenvalue weighted by Gasteiger charge is 2.23. The van der Waals surface area contributed by atoms with E-state index in [1.165, 1.54) is 60.3 Å². The fourth-order valence-electron chi connectivity index (χ4n) is 4.27. The smallest absolute Gasteiger partial charge is 0.131 e. The van der Waals surface area contributed by atoms with Crippen LogP contribution in [0.1, 0.15) is 72.1 Å². The van der Waals surface area contributed by atoms with Gasteiger partial charge in [-0.05, 0) is 38.3 Å². The van der Waals surface area contributed by atoms with E-state index in [9.17, 15) is 0 Å². The maximum absolute atomic E-state index is 4.96. The van der Waals surface area contributed by atoms with E-state index in [2.05, 4.69) is 36.0 Å². The Morgan fingerprint density at radius 2 is 2.04 bits per heavy atom. The largest absolute Gasteiger partial charge is 0.362 e. The van der Waals surface area contributed by atoms with Crippen LogP contribution in [-0.4, -0.2) is 26.4 Å². The van der Waals surface area contributed by atoms with Crippen LogP contribution >= 0.6 is 0 Å². The Kier molecular flexibility index (Phi) is 4.40. The number of aryl methyl sites for hydroxylation is 2. The zero-order valence-electron chi connectivity index (χ0n) is 14.9. The van der Waals surface area contributed by atoms with E-state index in [-0.39, 0.29) is 0 Å². The lowest BCUT2D eigenvalue weighted by molar-refractivity contribution is 0.242. The van der Waals surface area contributed by atoms with Gasteiger partial charge in [-0.15, -0.1) is 0 Å². The van der Waals surface area contributed by atoms with Crippen molar-refractivity contribution in [1.29, 1.82) is 0 Å². The summed E-state index contributed by atoms with van der Waals surface area (Å²) < 4.78 is 0. The summed E-state index contributed by atoms with van der Waals surface area (Å²) in [6, 6.07) is 2.27. The van der Waals surface area contributed by atoms with E-state index >= 15 is 0 Å². The number of nitrogens with zero attached hydrogens (tertiary/aromatic N) is 3. The molecule has 0 bridgehead atoms. The van der Waals surface area contributed by atoms with Crippen LogP contribution in [-0.2, 0) is 19.5 Å². The van der Waals surface area contributed by atoms with Gasteiger partial charge in [-0.1, -0.05) is 19.3 Å². The van der Waals surface area contributed by atoms with Crippen molar-refractivity contribution in [3.8, 4) is 0 Å². The van der Waals surface area contributed by atoms with Crippen molar-refractivity contribution in [2.45, 2.75) is 71.4 Å². The highest BCUT2D eigenvalue weighted by atomic mass is 15.1. The van der Waals surface area contributed by atoms with Gasteiger partial charge in [-0.25, -0.2) is 9.97 Å². The molecule has 128 valence electrons. The summed E-state index contributed by atoms with van der Waals surface area (Å²) in [7, 11) is 0. The van der Waals surface area contributed by atoms with E-state index in [1.807, 2.05) is 0 Å². The number of rotatable bonds is 3. The summed E-state index contributed by atoms with van der Waals surface area (Å²) >= 11 is 0. The lowest BCUT2D eigenvalue weighted by atomic mass is 9.88. The summed E-state index contributed by atoms with van der Waals surface area (Å²) in [5.41, 5.74) is 6.58. The van der Waals surface area contributed by atoms with Crippen LogP contribution in [0.2, 0.25) is 0 Å². The molecule has 1 aliphatic carbocycles. The van der Waals surface area contributed by atoms with Crippen LogP contribution < -0.4 is 0 Å². The molecule has 0 unspecified atom stereocenters. The maximum atomic E-state index is 4.96. The first-order valence-electron chi connectivity index (χ1n) is 9.41. The minimum absolute atomic E-state index is 0.604. The zero-order valence-corrected chi connectivity index (χ0v) is 14.9. The molecule has 4 heteroatoms. The molecule has 1 fully saturated rings. The average Bonchev–Trinajstić information content (AvgIpc) is 2.92. The van der Waals surface area contributed by atoms with Crippen LogP contribution in [0.3, 0.4) is 0 Å². The molecule has 0 atom stereocenters. The highest BCUT2D eigenvalue weighted by Crippen LogP contribution is 2.31. The molecule has 4 rings (SSSR count). The van der Waals surface area contributed by atoms with E-state index in [1.54, 1.807) is 0 Å². The normalized spacial score (nSPS) is 19.4. The lowest BCUT2D eigenvalue weighted by Crippen LogP contribution is -2.31. The number of hydrogen-bond donors (Lipinski definition) is 1. The molecular formula is C20H28N4. The van der Waals surface area contributed by atoms with Crippen LogP contribution in [0.5, 0.6) is 0 Å². The van der Waals surface area contributed by atoms with E-state index < -0.39 is 0 Å². The fraction of sp³-hybridized carbons (Fsp3) is 0.600. The predicted octanol–water partition coefficient (Wildman–Crippen LogP) is 4.03. The number of nitrogens with one attached hydrogen (secondary N) is 1. The monoisotopic (exact) mass is 324 g/mol. The van der Waals surface area contributed by atoms with Crippen LogP contribution in [0, 0.1) is 13.8 Å². The first-order chi connectivity index (χ1) is 11.7. The Hall–Kier alpha value is -1.68. The van der Waals surface area contributed by atoms with Crippen molar-refractivity contribution in [2.24, 2.45) is 0 Å². The molecule has 2 aliphatic rings. The molecule has 3 heterocycles. The van der Waals surface area contributed by atoms with E-state index in [4.69, 9.17) is 9.97 Å². The lowest BCUT2D eigenvalue weighted by Gasteiger charge is -2.29. The molecule has 1 saturated carbocycles. The SMILES string of the molecule is Cc1cc(CN2CCc3nc(C4CCCCC4)ncc3C2)c(C)[nH]1. The van der Waals surface area contributed by atoms with Crippen LogP contribution in [0.25, 0.3) is 0 Å². The Morgan fingerprint density at radius 3 is 2.79 bits per heavy atom. The molecule has 24 heavy (non-hydrogen) atoms. The molecule has 1 N–H and O–H groups in total. The van der Waals surface area contributed by atoms with Gasteiger partial charge in [0.25, 0.3) is 0 Å². The van der Waals surface area contributed by atoms with Crippen molar-refractivity contribution < 1.29 is 0 Å². The molecule has 2 aromatic rings. The number of aromatic nitrogens is 3. The molecule has 1 aliphatic heterocycles. The summed E-state index contributed by atoms with van der Waals surface area (Å²) in [4.78, 5) is 15.6. The summed E-state index contributed by atoms with van der Waals surface area (Å²) in [6.07, 6.45) is 9.78. The topological polar surface area (TPSA) is 44.8 Å². The molecular weight excluding hydrogens is 296 g/mol. The molecule has 0 radical (unpaired) electrons. The summed E-state index contributed by atoms with van der Waals surface area (Å²) in [6.45, 7) is 7.38. The van der Waals surface area contributed by atoms with Crippen LogP contribution in [0.15, 0.2) is 12.3 Å².